The normalized spacial score (nSPS) is 11.5. The van der Waals surface area contributed by atoms with Crippen molar-refractivity contribution in [2.45, 2.75) is 26.9 Å². The lowest BCUT2D eigenvalue weighted by atomic mass is 10.3. The van der Waals surface area contributed by atoms with Gasteiger partial charge in [-0.1, -0.05) is 54.6 Å². The first kappa shape index (κ1) is 26.5. The van der Waals surface area contributed by atoms with Crippen LogP contribution in [0.4, 0.5) is 0 Å². The van der Waals surface area contributed by atoms with Crippen LogP contribution in [0.5, 0.6) is 0 Å². The molecule has 0 saturated carbocycles. The lowest BCUT2D eigenvalue weighted by Crippen LogP contribution is -3.00. The molecule has 0 spiro atoms. The van der Waals surface area contributed by atoms with Gasteiger partial charge in [0.25, 0.3) is 0 Å². The maximum absolute atomic E-state index is 12.5. The summed E-state index contributed by atoms with van der Waals surface area (Å²) in [7, 11) is -2.31. The summed E-state index contributed by atoms with van der Waals surface area (Å²) in [5, 5.41) is 3.40. The van der Waals surface area contributed by atoms with E-state index in [1.165, 1.54) is 13.0 Å². The maximum atomic E-state index is 12.5. The molecule has 0 heterocycles. The molecule has 172 valence electrons. The van der Waals surface area contributed by atoms with Crippen LogP contribution in [0.25, 0.3) is 0 Å². The Kier molecular flexibility index (Phi) is 10.0. The number of esters is 2. The molecule has 0 N–H and O–H groups in total. The van der Waals surface area contributed by atoms with Crippen molar-refractivity contribution in [3.63, 3.8) is 0 Å². The molecule has 0 fully saturated rings. The molecule has 0 bridgehead atoms. The van der Waals surface area contributed by atoms with Gasteiger partial charge in [0.2, 0.25) is 0 Å². The van der Waals surface area contributed by atoms with Crippen LogP contribution in [0, 0.1) is 0 Å². The summed E-state index contributed by atoms with van der Waals surface area (Å²) in [4.78, 5) is 24.4. The highest BCUT2D eigenvalue weighted by atomic mass is 79.9. The second-order valence-electron chi connectivity index (χ2n) is 7.66. The molecule has 3 aromatic carbocycles. The van der Waals surface area contributed by atoms with Gasteiger partial charge in [-0.25, -0.2) is 4.79 Å². The fraction of sp³-hybridized carbons (Fsp3) is 0.185. The fourth-order valence-corrected chi connectivity index (χ4v) is 7.80. The largest absolute Gasteiger partial charge is 1.00 e. The maximum Gasteiger partial charge on any atom is 0.334 e. The van der Waals surface area contributed by atoms with Gasteiger partial charge in [0.05, 0.1) is 12.2 Å². The summed E-state index contributed by atoms with van der Waals surface area (Å²) in [5.41, 5.74) is 0. The first-order chi connectivity index (χ1) is 15.4. The first-order valence-corrected chi connectivity index (χ1v) is 12.5. The molecule has 0 radical (unpaired) electrons. The lowest BCUT2D eigenvalue weighted by Gasteiger charge is -2.28. The highest BCUT2D eigenvalue weighted by Crippen LogP contribution is 2.56. The average molecular weight is 527 g/mol. The van der Waals surface area contributed by atoms with Gasteiger partial charge in [0.15, 0.2) is 5.76 Å². The number of halogens is 1. The molecule has 0 atom stereocenters. The van der Waals surface area contributed by atoms with E-state index < -0.39 is 19.2 Å². The van der Waals surface area contributed by atoms with Crippen molar-refractivity contribution >= 4 is 35.1 Å². The van der Waals surface area contributed by atoms with Crippen LogP contribution < -0.4 is 32.9 Å². The number of allylic oxidation sites excluding steroid dienone is 1. The van der Waals surface area contributed by atoms with Crippen molar-refractivity contribution < 1.29 is 36.0 Å². The topological polar surface area (TPSA) is 52.6 Å². The van der Waals surface area contributed by atoms with Crippen LogP contribution in [0.15, 0.2) is 103 Å². The molecule has 0 aromatic heterocycles. The van der Waals surface area contributed by atoms with Crippen LogP contribution in [0.1, 0.15) is 20.8 Å². The van der Waals surface area contributed by atoms with Crippen molar-refractivity contribution in [1.29, 1.82) is 0 Å². The van der Waals surface area contributed by atoms with Gasteiger partial charge in [-0.3, -0.25) is 4.79 Å². The van der Waals surface area contributed by atoms with Gasteiger partial charge in [0, 0.05) is 6.92 Å². The number of carbonyl (C=O) groups is 2. The molecule has 0 aliphatic rings. The Bertz CT molecular complexity index is 970. The van der Waals surface area contributed by atoms with E-state index in [1.54, 1.807) is 13.8 Å². The van der Waals surface area contributed by atoms with Crippen LogP contribution >= 0.6 is 7.26 Å². The molecule has 4 nitrogen and oxygen atoms in total. The number of carbonyl (C=O) groups excluding carboxylic acids is 2. The summed E-state index contributed by atoms with van der Waals surface area (Å²) < 4.78 is 10.9. The minimum Gasteiger partial charge on any atom is -1.00 e. The minimum atomic E-state index is -2.31. The summed E-state index contributed by atoms with van der Waals surface area (Å²) in [6.07, 6.45) is 1.41. The van der Waals surface area contributed by atoms with E-state index in [1.807, 2.05) is 54.6 Å². The molecule has 3 aromatic rings. The van der Waals surface area contributed by atoms with Gasteiger partial charge in [-0.15, -0.1) is 0 Å². The van der Waals surface area contributed by atoms with E-state index in [0.29, 0.717) is 11.9 Å². The second-order valence-corrected chi connectivity index (χ2v) is 11.1. The second kappa shape index (κ2) is 12.5. The Labute approximate surface area is 206 Å². The summed E-state index contributed by atoms with van der Waals surface area (Å²) in [6.45, 7) is 4.91. The van der Waals surface area contributed by atoms with E-state index in [4.69, 9.17) is 9.47 Å². The number of hydrogen-bond donors (Lipinski definition) is 0. The molecule has 0 saturated heterocycles. The highest BCUT2D eigenvalue weighted by molar-refractivity contribution is 7.95. The van der Waals surface area contributed by atoms with Crippen LogP contribution in [0.2, 0.25) is 0 Å². The SMILES string of the molecule is CC(=O)O/C(=C\C(=O)OC(C)C)C[P+](c1ccccc1)(c1ccccc1)c1ccccc1.[Br-]. The highest BCUT2D eigenvalue weighted by Gasteiger charge is 2.46. The molecule has 3 rings (SSSR count). The van der Waals surface area contributed by atoms with Crippen LogP contribution in [-0.2, 0) is 19.1 Å². The minimum absolute atomic E-state index is 0. The standard InChI is InChI=1S/C27H28O4P.BrH/c1-21(2)30-27(29)19-23(31-22(3)28)20-32(24-13-7-4-8-14-24,25-15-9-5-10-16-25)26-17-11-6-12-18-26;/h4-19,21H,20H2,1-3H3;1H/q+1;/p-1/b23-19-;. The summed E-state index contributed by atoms with van der Waals surface area (Å²) >= 11 is 0. The van der Waals surface area contributed by atoms with Crippen LogP contribution in [-0.4, -0.2) is 24.2 Å². The van der Waals surface area contributed by atoms with E-state index in [0.717, 1.165) is 15.9 Å². The number of benzene rings is 3. The number of rotatable bonds is 8. The molecular weight excluding hydrogens is 499 g/mol. The zero-order valence-electron chi connectivity index (χ0n) is 19.0. The van der Waals surface area contributed by atoms with Crippen molar-refractivity contribution in [2.24, 2.45) is 0 Å². The van der Waals surface area contributed by atoms with Crippen molar-refractivity contribution in [2.75, 3.05) is 6.16 Å². The number of ether oxygens (including phenoxy) is 2. The Morgan fingerprint density at radius 3 is 1.52 bits per heavy atom. The molecule has 0 aliphatic carbocycles. The monoisotopic (exact) mass is 526 g/mol. The predicted octanol–water partition coefficient (Wildman–Crippen LogP) is 1.38. The number of hydrogen-bond acceptors (Lipinski definition) is 4. The lowest BCUT2D eigenvalue weighted by molar-refractivity contribution is -0.141. The molecule has 6 heteroatoms. The summed E-state index contributed by atoms with van der Waals surface area (Å²) in [5.74, 6) is -0.697. The van der Waals surface area contributed by atoms with Gasteiger partial charge < -0.3 is 26.5 Å². The summed E-state index contributed by atoms with van der Waals surface area (Å²) in [6, 6.07) is 30.6. The quantitative estimate of drug-likeness (QED) is 0.192. The van der Waals surface area contributed by atoms with E-state index in [2.05, 4.69) is 36.4 Å². The predicted molar refractivity (Wildman–Crippen MR) is 131 cm³/mol. The van der Waals surface area contributed by atoms with Crippen molar-refractivity contribution in [3.05, 3.63) is 103 Å². The van der Waals surface area contributed by atoms with Crippen molar-refractivity contribution in [1.82, 2.24) is 0 Å². The van der Waals surface area contributed by atoms with Gasteiger partial charge >= 0.3 is 11.9 Å². The Balaban J connectivity index is 0.00000385. The Morgan fingerprint density at radius 1 is 0.788 bits per heavy atom. The Hall–Kier alpha value is -2.75. The van der Waals surface area contributed by atoms with Crippen molar-refractivity contribution in [3.8, 4) is 0 Å². The smallest absolute Gasteiger partial charge is 0.334 e. The molecule has 0 amide bonds. The zero-order valence-corrected chi connectivity index (χ0v) is 21.5. The average Bonchev–Trinajstić information content (AvgIpc) is 2.78. The zero-order chi connectivity index (χ0) is 23.0. The van der Waals surface area contributed by atoms with Gasteiger partial charge in [0.1, 0.15) is 29.3 Å². The van der Waals surface area contributed by atoms with Gasteiger partial charge in [-0.2, -0.15) is 0 Å². The van der Waals surface area contributed by atoms with E-state index in [-0.39, 0.29) is 23.1 Å². The van der Waals surface area contributed by atoms with E-state index in [9.17, 15) is 9.59 Å². The fourth-order valence-electron chi connectivity index (χ4n) is 3.69. The third kappa shape index (κ3) is 6.86. The molecule has 0 unspecified atom stereocenters. The third-order valence-corrected chi connectivity index (χ3v) is 9.21. The third-order valence-electron chi connectivity index (χ3n) is 4.89. The molecular formula is C27H28BrO4P. The molecule has 0 aliphatic heterocycles. The first-order valence-electron chi connectivity index (χ1n) is 10.6. The van der Waals surface area contributed by atoms with Gasteiger partial charge in [-0.05, 0) is 50.2 Å². The van der Waals surface area contributed by atoms with Crippen LogP contribution in [0.3, 0.4) is 0 Å². The molecule has 33 heavy (non-hydrogen) atoms. The Morgan fingerprint density at radius 2 is 1.18 bits per heavy atom. The van der Waals surface area contributed by atoms with E-state index >= 15 is 0 Å².